The summed E-state index contributed by atoms with van der Waals surface area (Å²) in [6, 6.07) is 9.15. The molecule has 6 nitrogen and oxygen atoms in total. The molecule has 0 aliphatic carbocycles. The number of hydrogen-bond donors (Lipinski definition) is 1. The molecule has 0 amide bonds. The molecule has 6 heteroatoms. The molecule has 0 spiro atoms. The molecule has 1 N–H and O–H groups in total. The number of rotatable bonds is 2. The summed E-state index contributed by atoms with van der Waals surface area (Å²) in [6.07, 6.45) is 0. The highest BCUT2D eigenvalue weighted by molar-refractivity contribution is 6.14. The Hall–Kier alpha value is -2.89. The smallest absolute Gasteiger partial charge is 0.358 e. The molecular formula is C15H12N2O4. The van der Waals surface area contributed by atoms with Crippen LogP contribution in [0.25, 0.3) is 21.8 Å². The molecule has 3 rings (SSSR count). The van der Waals surface area contributed by atoms with Crippen LogP contribution in [-0.2, 0) is 9.47 Å². The Morgan fingerprint density at radius 3 is 2.48 bits per heavy atom. The lowest BCUT2D eigenvalue weighted by Gasteiger charge is -2.04. The van der Waals surface area contributed by atoms with Crippen molar-refractivity contribution in [2.45, 2.75) is 0 Å². The Bertz CT molecular complexity index is 867. The van der Waals surface area contributed by atoms with Crippen LogP contribution >= 0.6 is 0 Å². The zero-order valence-corrected chi connectivity index (χ0v) is 11.5. The third-order valence-corrected chi connectivity index (χ3v) is 3.27. The van der Waals surface area contributed by atoms with Gasteiger partial charge in [0, 0.05) is 16.3 Å². The van der Waals surface area contributed by atoms with Gasteiger partial charge >= 0.3 is 11.9 Å². The number of H-pyrrole nitrogens is 1. The first-order chi connectivity index (χ1) is 10.2. The second kappa shape index (κ2) is 4.90. The molecule has 2 aromatic heterocycles. The van der Waals surface area contributed by atoms with Crippen LogP contribution in [0.4, 0.5) is 0 Å². The van der Waals surface area contributed by atoms with Gasteiger partial charge in [0.1, 0.15) is 5.69 Å². The number of aromatic nitrogens is 2. The van der Waals surface area contributed by atoms with Crippen molar-refractivity contribution >= 4 is 33.7 Å². The van der Waals surface area contributed by atoms with Crippen LogP contribution in [0.3, 0.4) is 0 Å². The number of carbonyl (C=O) groups excluding carboxylic acids is 2. The molecule has 0 fully saturated rings. The molecule has 0 aliphatic rings. The van der Waals surface area contributed by atoms with E-state index in [1.54, 1.807) is 6.07 Å². The molecular weight excluding hydrogens is 272 g/mol. The molecule has 0 radical (unpaired) electrons. The molecule has 21 heavy (non-hydrogen) atoms. The van der Waals surface area contributed by atoms with Crippen molar-refractivity contribution < 1.29 is 19.1 Å². The maximum atomic E-state index is 11.9. The predicted molar refractivity (Wildman–Crippen MR) is 76.3 cm³/mol. The summed E-state index contributed by atoms with van der Waals surface area (Å²) in [6.45, 7) is 0. The maximum absolute atomic E-state index is 11.9. The van der Waals surface area contributed by atoms with Crippen molar-refractivity contribution in [3.8, 4) is 0 Å². The van der Waals surface area contributed by atoms with E-state index < -0.39 is 11.9 Å². The summed E-state index contributed by atoms with van der Waals surface area (Å²) in [5, 5.41) is 1.62. The molecule has 0 aliphatic heterocycles. The summed E-state index contributed by atoms with van der Waals surface area (Å²) in [7, 11) is 2.53. The Morgan fingerprint density at radius 1 is 1.05 bits per heavy atom. The third kappa shape index (κ3) is 2.01. The number of aromatic amines is 1. The van der Waals surface area contributed by atoms with Crippen LogP contribution in [0.5, 0.6) is 0 Å². The molecule has 0 bridgehead atoms. The van der Waals surface area contributed by atoms with Crippen molar-refractivity contribution in [2.75, 3.05) is 14.2 Å². The average molecular weight is 284 g/mol. The number of esters is 2. The first-order valence-electron chi connectivity index (χ1n) is 6.23. The highest BCUT2D eigenvalue weighted by Crippen LogP contribution is 2.28. The largest absolute Gasteiger partial charge is 0.464 e. The number of pyridine rings is 1. The monoisotopic (exact) mass is 284 g/mol. The van der Waals surface area contributed by atoms with Gasteiger partial charge in [0.05, 0.1) is 19.7 Å². The van der Waals surface area contributed by atoms with Gasteiger partial charge in [-0.2, -0.15) is 0 Å². The lowest BCUT2D eigenvalue weighted by molar-refractivity contribution is 0.0587. The molecule has 0 atom stereocenters. The van der Waals surface area contributed by atoms with E-state index in [4.69, 9.17) is 4.74 Å². The van der Waals surface area contributed by atoms with Crippen molar-refractivity contribution in [1.29, 1.82) is 0 Å². The summed E-state index contributed by atoms with van der Waals surface area (Å²) in [5.41, 5.74) is 1.51. The highest BCUT2D eigenvalue weighted by Gasteiger charge is 2.20. The number of nitrogens with one attached hydrogen (secondary N) is 1. The van der Waals surface area contributed by atoms with Crippen molar-refractivity contribution in [1.82, 2.24) is 9.97 Å². The van der Waals surface area contributed by atoms with E-state index in [1.807, 2.05) is 24.3 Å². The van der Waals surface area contributed by atoms with E-state index in [0.29, 0.717) is 5.52 Å². The quantitative estimate of drug-likeness (QED) is 0.730. The van der Waals surface area contributed by atoms with Gasteiger partial charge in [-0.05, 0) is 12.1 Å². The fourth-order valence-corrected chi connectivity index (χ4v) is 2.30. The van der Waals surface area contributed by atoms with E-state index in [0.717, 1.165) is 16.3 Å². The first-order valence-corrected chi connectivity index (χ1v) is 6.23. The number of methoxy groups -OCH3 is 2. The number of para-hydroxylation sites is 1. The van der Waals surface area contributed by atoms with Crippen molar-refractivity contribution in [3.05, 3.63) is 41.7 Å². The van der Waals surface area contributed by atoms with Gasteiger partial charge < -0.3 is 14.5 Å². The summed E-state index contributed by atoms with van der Waals surface area (Å²) >= 11 is 0. The van der Waals surface area contributed by atoms with Gasteiger partial charge in [0.2, 0.25) is 0 Å². The SMILES string of the molecule is COC(=O)c1cc2c([nH]c3ccccc32)c(C(=O)OC)n1. The second-order valence-electron chi connectivity index (χ2n) is 4.43. The molecule has 1 aromatic carbocycles. The summed E-state index contributed by atoms with van der Waals surface area (Å²) in [4.78, 5) is 30.8. The number of fused-ring (bicyclic) bond motifs is 3. The van der Waals surface area contributed by atoms with E-state index in [9.17, 15) is 9.59 Å². The van der Waals surface area contributed by atoms with Gasteiger partial charge in [-0.3, -0.25) is 0 Å². The lowest BCUT2D eigenvalue weighted by atomic mass is 10.1. The molecule has 0 unspecified atom stereocenters. The normalized spacial score (nSPS) is 10.8. The van der Waals surface area contributed by atoms with Gasteiger partial charge in [-0.15, -0.1) is 0 Å². The van der Waals surface area contributed by atoms with Crippen LogP contribution in [0.15, 0.2) is 30.3 Å². The number of carbonyl (C=O) groups is 2. The average Bonchev–Trinajstić information content (AvgIpc) is 2.91. The van der Waals surface area contributed by atoms with E-state index >= 15 is 0 Å². The molecule has 106 valence electrons. The zero-order chi connectivity index (χ0) is 15.0. The minimum Gasteiger partial charge on any atom is -0.464 e. The third-order valence-electron chi connectivity index (χ3n) is 3.27. The second-order valence-corrected chi connectivity index (χ2v) is 4.43. The predicted octanol–water partition coefficient (Wildman–Crippen LogP) is 2.29. The Morgan fingerprint density at radius 2 is 1.76 bits per heavy atom. The maximum Gasteiger partial charge on any atom is 0.358 e. The van der Waals surface area contributed by atoms with Crippen LogP contribution in [0.2, 0.25) is 0 Å². The van der Waals surface area contributed by atoms with Crippen LogP contribution in [-0.4, -0.2) is 36.1 Å². The topological polar surface area (TPSA) is 81.3 Å². The standard InChI is InChI=1S/C15H12N2O4/c1-20-14(18)11-7-9-8-5-3-4-6-10(8)16-12(9)13(17-11)15(19)21-2/h3-7,16H,1-2H3. The summed E-state index contributed by atoms with van der Waals surface area (Å²) in [5.74, 6) is -1.22. The zero-order valence-electron chi connectivity index (χ0n) is 11.5. The Labute approximate surface area is 119 Å². The lowest BCUT2D eigenvalue weighted by Crippen LogP contribution is -2.11. The molecule has 3 aromatic rings. The summed E-state index contributed by atoms with van der Waals surface area (Å²) < 4.78 is 9.41. The van der Waals surface area contributed by atoms with Crippen LogP contribution in [0, 0.1) is 0 Å². The van der Waals surface area contributed by atoms with Gasteiger partial charge in [-0.1, -0.05) is 18.2 Å². The highest BCUT2D eigenvalue weighted by atomic mass is 16.5. The van der Waals surface area contributed by atoms with Gasteiger partial charge in [0.15, 0.2) is 5.69 Å². The minimum atomic E-state index is -0.614. The molecule has 0 saturated carbocycles. The van der Waals surface area contributed by atoms with Crippen LogP contribution < -0.4 is 0 Å². The van der Waals surface area contributed by atoms with E-state index in [2.05, 4.69) is 14.7 Å². The Kier molecular flexibility index (Phi) is 3.06. The van der Waals surface area contributed by atoms with Crippen molar-refractivity contribution in [3.63, 3.8) is 0 Å². The van der Waals surface area contributed by atoms with E-state index in [1.165, 1.54) is 14.2 Å². The van der Waals surface area contributed by atoms with Gasteiger partial charge in [0.25, 0.3) is 0 Å². The number of ether oxygens (including phenoxy) is 2. The molecule has 2 heterocycles. The minimum absolute atomic E-state index is 0.0617. The van der Waals surface area contributed by atoms with Crippen LogP contribution in [0.1, 0.15) is 21.0 Å². The number of hydrogen-bond acceptors (Lipinski definition) is 5. The van der Waals surface area contributed by atoms with Gasteiger partial charge in [-0.25, -0.2) is 14.6 Å². The Balaban J connectivity index is 2.41. The van der Waals surface area contributed by atoms with E-state index in [-0.39, 0.29) is 11.4 Å². The first kappa shape index (κ1) is 13.1. The number of benzene rings is 1. The fourth-order valence-electron chi connectivity index (χ4n) is 2.30. The fraction of sp³-hybridized carbons (Fsp3) is 0.133. The molecule has 0 saturated heterocycles. The van der Waals surface area contributed by atoms with Crippen molar-refractivity contribution in [2.24, 2.45) is 0 Å². The number of nitrogens with zero attached hydrogens (tertiary/aromatic N) is 1.